The lowest BCUT2D eigenvalue weighted by Gasteiger charge is -2.13. The number of hydrogen-bond donors (Lipinski definition) is 0. The smallest absolute Gasteiger partial charge is 0.303 e. The van der Waals surface area contributed by atoms with Gasteiger partial charge in [-0.15, -0.1) is 10.2 Å². The third-order valence-corrected chi connectivity index (χ3v) is 5.57. The SMILES string of the molecule is FC(F)(F)C(Br)CSc1nnc(C2CC2)n1C1CC1. The van der Waals surface area contributed by atoms with Crippen LogP contribution in [0.4, 0.5) is 13.2 Å². The zero-order chi connectivity index (χ0) is 13.6. The monoisotopic (exact) mass is 355 g/mol. The number of rotatable bonds is 5. The molecule has 1 heterocycles. The van der Waals surface area contributed by atoms with Crippen molar-refractivity contribution in [1.29, 1.82) is 0 Å². The van der Waals surface area contributed by atoms with Crippen LogP contribution in [-0.2, 0) is 0 Å². The minimum Gasteiger partial charge on any atom is -0.303 e. The van der Waals surface area contributed by atoms with Crippen molar-refractivity contribution in [2.24, 2.45) is 0 Å². The van der Waals surface area contributed by atoms with Crippen molar-refractivity contribution < 1.29 is 13.2 Å². The molecule has 1 aromatic rings. The molecule has 19 heavy (non-hydrogen) atoms. The molecule has 0 saturated heterocycles. The van der Waals surface area contributed by atoms with E-state index >= 15 is 0 Å². The molecular formula is C11H13BrF3N3S. The van der Waals surface area contributed by atoms with Crippen LogP contribution >= 0.6 is 27.7 Å². The summed E-state index contributed by atoms with van der Waals surface area (Å²) in [6.45, 7) is 0. The summed E-state index contributed by atoms with van der Waals surface area (Å²) in [5.41, 5.74) is 0. The third-order valence-electron chi connectivity index (χ3n) is 3.26. The van der Waals surface area contributed by atoms with Crippen molar-refractivity contribution in [3.05, 3.63) is 5.82 Å². The van der Waals surface area contributed by atoms with Gasteiger partial charge in [0.2, 0.25) is 0 Å². The van der Waals surface area contributed by atoms with Crippen molar-refractivity contribution in [2.75, 3.05) is 5.75 Å². The lowest BCUT2D eigenvalue weighted by Crippen LogP contribution is -2.25. The number of hydrogen-bond acceptors (Lipinski definition) is 3. The molecule has 106 valence electrons. The molecule has 0 bridgehead atoms. The van der Waals surface area contributed by atoms with E-state index in [0.717, 1.165) is 43.3 Å². The van der Waals surface area contributed by atoms with Crippen LogP contribution in [-0.4, -0.2) is 31.5 Å². The zero-order valence-electron chi connectivity index (χ0n) is 10.0. The Balaban J connectivity index is 1.70. The summed E-state index contributed by atoms with van der Waals surface area (Å²) in [5.74, 6) is 1.38. The fourth-order valence-corrected chi connectivity index (χ4v) is 3.29. The van der Waals surface area contributed by atoms with Crippen LogP contribution in [0, 0.1) is 0 Å². The summed E-state index contributed by atoms with van der Waals surface area (Å²) >= 11 is 3.82. The maximum absolute atomic E-state index is 12.5. The standard InChI is InChI=1S/C11H13BrF3N3S/c12-8(11(13,14)15)5-19-10-17-16-9(6-1-2-6)18(10)7-3-4-7/h6-8H,1-5H2. The molecule has 0 amide bonds. The van der Waals surface area contributed by atoms with Crippen LogP contribution in [0.15, 0.2) is 5.16 Å². The van der Waals surface area contributed by atoms with Gasteiger partial charge in [0.15, 0.2) is 5.16 Å². The molecule has 2 saturated carbocycles. The first-order valence-corrected chi connectivity index (χ1v) is 8.15. The van der Waals surface area contributed by atoms with Gasteiger partial charge < -0.3 is 4.57 Å². The van der Waals surface area contributed by atoms with Gasteiger partial charge in [-0.3, -0.25) is 0 Å². The van der Waals surface area contributed by atoms with Gasteiger partial charge in [-0.25, -0.2) is 0 Å². The van der Waals surface area contributed by atoms with E-state index in [1.165, 1.54) is 0 Å². The molecule has 3 rings (SSSR count). The first kappa shape index (κ1) is 13.7. The average Bonchev–Trinajstić information content (AvgIpc) is 3.23. The molecule has 0 spiro atoms. The Kier molecular flexibility index (Phi) is 3.57. The number of halogens is 4. The minimum absolute atomic E-state index is 0.0704. The van der Waals surface area contributed by atoms with E-state index in [9.17, 15) is 13.2 Å². The summed E-state index contributed by atoms with van der Waals surface area (Å²) in [4.78, 5) is -1.50. The molecule has 1 aromatic heterocycles. The fourth-order valence-electron chi connectivity index (χ4n) is 1.92. The molecule has 8 heteroatoms. The molecule has 0 aliphatic heterocycles. The van der Waals surface area contributed by atoms with Crippen LogP contribution in [0.25, 0.3) is 0 Å². The lowest BCUT2D eigenvalue weighted by atomic mass is 10.4. The Labute approximate surface area is 121 Å². The normalized spacial score (nSPS) is 21.7. The van der Waals surface area contributed by atoms with E-state index in [1.807, 2.05) is 0 Å². The second-order valence-electron chi connectivity index (χ2n) is 5.04. The van der Waals surface area contributed by atoms with Gasteiger partial charge >= 0.3 is 6.18 Å². The predicted octanol–water partition coefficient (Wildman–Crippen LogP) is 3.91. The minimum atomic E-state index is -4.21. The Morgan fingerprint density at radius 1 is 1.26 bits per heavy atom. The van der Waals surface area contributed by atoms with Crippen LogP contribution in [0.5, 0.6) is 0 Å². The maximum atomic E-state index is 12.5. The molecule has 0 radical (unpaired) electrons. The number of thioether (sulfide) groups is 1. The second-order valence-corrected chi connectivity index (χ2v) is 7.13. The van der Waals surface area contributed by atoms with E-state index < -0.39 is 11.0 Å². The fraction of sp³-hybridized carbons (Fsp3) is 0.818. The third kappa shape index (κ3) is 3.09. The van der Waals surface area contributed by atoms with Crippen LogP contribution < -0.4 is 0 Å². The summed E-state index contributed by atoms with van der Waals surface area (Å²) in [5, 5.41) is 8.89. The van der Waals surface area contributed by atoms with Gasteiger partial charge in [0.25, 0.3) is 0 Å². The van der Waals surface area contributed by atoms with Gasteiger partial charge in [-0.1, -0.05) is 27.7 Å². The Morgan fingerprint density at radius 3 is 2.47 bits per heavy atom. The van der Waals surface area contributed by atoms with E-state index in [1.54, 1.807) is 0 Å². The quantitative estimate of drug-likeness (QED) is 0.592. The maximum Gasteiger partial charge on any atom is 0.402 e. The summed E-state index contributed by atoms with van der Waals surface area (Å²) in [6.07, 6.45) is 0.208. The molecular weight excluding hydrogens is 343 g/mol. The van der Waals surface area contributed by atoms with Gasteiger partial charge in [-0.05, 0) is 25.7 Å². The second kappa shape index (κ2) is 4.95. The van der Waals surface area contributed by atoms with Gasteiger partial charge in [0, 0.05) is 17.7 Å². The highest BCUT2D eigenvalue weighted by atomic mass is 79.9. The first-order valence-electron chi connectivity index (χ1n) is 6.25. The molecule has 2 aliphatic carbocycles. The zero-order valence-corrected chi connectivity index (χ0v) is 12.4. The highest BCUT2D eigenvalue weighted by Gasteiger charge is 2.39. The first-order chi connectivity index (χ1) is 8.97. The largest absolute Gasteiger partial charge is 0.402 e. The predicted molar refractivity (Wildman–Crippen MR) is 69.8 cm³/mol. The lowest BCUT2D eigenvalue weighted by molar-refractivity contribution is -0.122. The molecule has 1 atom stereocenters. The molecule has 1 unspecified atom stereocenters. The summed E-state index contributed by atoms with van der Waals surface area (Å²) < 4.78 is 39.5. The van der Waals surface area contributed by atoms with Crippen LogP contribution in [0.3, 0.4) is 0 Å². The summed E-state index contributed by atoms with van der Waals surface area (Å²) in [6, 6.07) is 0.410. The Bertz CT molecular complexity index is 468. The van der Waals surface area contributed by atoms with Crippen molar-refractivity contribution in [3.8, 4) is 0 Å². The van der Waals surface area contributed by atoms with E-state index in [0.29, 0.717) is 17.1 Å². The summed E-state index contributed by atoms with van der Waals surface area (Å²) in [7, 11) is 0. The van der Waals surface area contributed by atoms with Crippen molar-refractivity contribution in [1.82, 2.24) is 14.8 Å². The van der Waals surface area contributed by atoms with Crippen LogP contribution in [0.2, 0.25) is 0 Å². The molecule has 2 aliphatic rings. The van der Waals surface area contributed by atoms with Gasteiger partial charge in [0.1, 0.15) is 10.7 Å². The Hall–Kier alpha value is -0.240. The van der Waals surface area contributed by atoms with Gasteiger partial charge in [-0.2, -0.15) is 13.2 Å². The number of aromatic nitrogens is 3. The number of alkyl halides is 4. The highest BCUT2D eigenvalue weighted by Crippen LogP contribution is 2.46. The molecule has 2 fully saturated rings. The van der Waals surface area contributed by atoms with Gasteiger partial charge in [0.05, 0.1) is 0 Å². The molecule has 0 N–H and O–H groups in total. The van der Waals surface area contributed by atoms with E-state index in [-0.39, 0.29) is 5.75 Å². The molecule has 0 aromatic carbocycles. The van der Waals surface area contributed by atoms with Crippen LogP contribution in [0.1, 0.15) is 43.5 Å². The van der Waals surface area contributed by atoms with E-state index in [2.05, 4.69) is 30.7 Å². The van der Waals surface area contributed by atoms with Crippen molar-refractivity contribution >= 4 is 27.7 Å². The number of nitrogens with zero attached hydrogens (tertiary/aromatic N) is 3. The average molecular weight is 356 g/mol. The van der Waals surface area contributed by atoms with Crippen molar-refractivity contribution in [3.63, 3.8) is 0 Å². The highest BCUT2D eigenvalue weighted by molar-refractivity contribution is 9.09. The molecule has 3 nitrogen and oxygen atoms in total. The van der Waals surface area contributed by atoms with Crippen molar-refractivity contribution in [2.45, 2.75) is 53.8 Å². The topological polar surface area (TPSA) is 30.7 Å². The Morgan fingerprint density at radius 2 is 1.95 bits per heavy atom. The van der Waals surface area contributed by atoms with E-state index in [4.69, 9.17) is 0 Å².